The Morgan fingerprint density at radius 2 is 1.17 bits per heavy atom. The molecule has 0 radical (unpaired) electrons. The van der Waals surface area contributed by atoms with Gasteiger partial charge in [-0.3, -0.25) is 0 Å². The van der Waals surface area contributed by atoms with Gasteiger partial charge in [-0.05, 0) is 105 Å². The van der Waals surface area contributed by atoms with Gasteiger partial charge in [0.2, 0.25) is 0 Å². The van der Waals surface area contributed by atoms with Crippen LogP contribution < -0.4 is 0 Å². The van der Waals surface area contributed by atoms with E-state index in [9.17, 15) is 4.39 Å². The minimum Gasteiger partial charge on any atom is -0.247 e. The summed E-state index contributed by atoms with van der Waals surface area (Å²) in [5.41, 5.74) is 0. The molecule has 0 heterocycles. The van der Waals surface area contributed by atoms with Gasteiger partial charge < -0.3 is 0 Å². The van der Waals surface area contributed by atoms with Crippen LogP contribution in [0.1, 0.15) is 136 Å². The molecule has 0 N–H and O–H groups in total. The van der Waals surface area contributed by atoms with E-state index in [1.165, 1.54) is 57.8 Å². The average molecular weight is 497 g/mol. The lowest BCUT2D eigenvalue weighted by molar-refractivity contribution is -0.0165. The summed E-state index contributed by atoms with van der Waals surface area (Å²) in [4.78, 5) is 0. The van der Waals surface area contributed by atoms with E-state index < -0.39 is 18.5 Å². The molecule has 0 aliphatic heterocycles. The Morgan fingerprint density at radius 3 is 1.80 bits per heavy atom. The van der Waals surface area contributed by atoms with E-state index in [1.807, 2.05) is 0 Å². The predicted octanol–water partition coefficient (Wildman–Crippen LogP) is 10.4. The summed E-state index contributed by atoms with van der Waals surface area (Å²) < 4.78 is 45.2. The van der Waals surface area contributed by atoms with E-state index >= 15 is 8.78 Å². The zero-order valence-electron chi connectivity index (χ0n) is 22.9. The maximum absolute atomic E-state index is 15.3. The molecule has 4 aliphatic carbocycles. The van der Waals surface area contributed by atoms with Gasteiger partial charge in [-0.15, -0.1) is 0 Å². The van der Waals surface area contributed by atoms with Gasteiger partial charge in [-0.25, -0.2) is 13.2 Å². The minimum absolute atomic E-state index is 0.0276. The second-order valence-electron chi connectivity index (χ2n) is 13.6. The number of hydrogen-bond acceptors (Lipinski definition) is 0. The molecule has 35 heavy (non-hydrogen) atoms. The van der Waals surface area contributed by atoms with Crippen molar-refractivity contribution in [2.45, 2.75) is 154 Å². The summed E-state index contributed by atoms with van der Waals surface area (Å²) >= 11 is 0. The predicted molar refractivity (Wildman–Crippen MR) is 142 cm³/mol. The summed E-state index contributed by atoms with van der Waals surface area (Å²) in [5.74, 6) is 3.21. The Balaban J connectivity index is 1.15. The molecule has 0 aromatic rings. The van der Waals surface area contributed by atoms with Crippen LogP contribution in [0.15, 0.2) is 0 Å². The summed E-state index contributed by atoms with van der Waals surface area (Å²) in [6.07, 6.45) is 18.3. The van der Waals surface area contributed by atoms with Gasteiger partial charge in [0, 0.05) is 0 Å². The molecule has 4 saturated carbocycles. The van der Waals surface area contributed by atoms with Gasteiger partial charge in [0.15, 0.2) is 0 Å². The van der Waals surface area contributed by atoms with E-state index in [-0.39, 0.29) is 17.8 Å². The third kappa shape index (κ3) is 7.43. The van der Waals surface area contributed by atoms with Crippen molar-refractivity contribution < 1.29 is 13.2 Å². The summed E-state index contributed by atoms with van der Waals surface area (Å²) in [5, 5.41) is 0. The second kappa shape index (κ2) is 13.5. The Bertz CT molecular complexity index is 592. The largest absolute Gasteiger partial charge is 0.247 e. The number of alkyl halides is 3. The van der Waals surface area contributed by atoms with Crippen molar-refractivity contribution in [1.82, 2.24) is 0 Å². The van der Waals surface area contributed by atoms with Crippen molar-refractivity contribution >= 4 is 0 Å². The first kappa shape index (κ1) is 27.8. The fourth-order valence-corrected chi connectivity index (χ4v) is 8.83. The molecule has 7 atom stereocenters. The molecule has 0 spiro atoms. The lowest BCUT2D eigenvalue weighted by Crippen LogP contribution is -2.42. The molecule has 204 valence electrons. The summed E-state index contributed by atoms with van der Waals surface area (Å²) in [7, 11) is 0. The maximum atomic E-state index is 15.3. The van der Waals surface area contributed by atoms with E-state index in [2.05, 4.69) is 13.8 Å². The number of hydrogen-bond donors (Lipinski definition) is 0. The van der Waals surface area contributed by atoms with Crippen molar-refractivity contribution in [3.8, 4) is 0 Å². The molecule has 0 amide bonds. The molecule has 0 aromatic carbocycles. The van der Waals surface area contributed by atoms with E-state index in [1.54, 1.807) is 0 Å². The highest BCUT2D eigenvalue weighted by Gasteiger charge is 2.44. The standard InChI is InChI=1S/C32H55F3/c1-3-4-5-6-23-8-15-26(16-9-23)29-20-18-27(31(34)32(29)35)17-12-24-10-13-25(14-11-24)28-19-7-22(2)21-30(28)33/h22-32H,3-21H2,1-2H3/t22?,23?,24?,25?,26?,27?,28?,29?,30?,31?,32-/m1/s1. The summed E-state index contributed by atoms with van der Waals surface area (Å²) in [6.45, 7) is 4.44. The molecule has 0 aromatic heterocycles. The zero-order chi connectivity index (χ0) is 24.8. The van der Waals surface area contributed by atoms with E-state index in [4.69, 9.17) is 0 Å². The molecule has 0 nitrogen and oxygen atoms in total. The van der Waals surface area contributed by atoms with Gasteiger partial charge in [0.05, 0.1) is 0 Å². The van der Waals surface area contributed by atoms with Crippen LogP contribution in [0.3, 0.4) is 0 Å². The molecular formula is C32H55F3. The summed E-state index contributed by atoms with van der Waals surface area (Å²) in [6, 6.07) is 0. The Morgan fingerprint density at radius 1 is 0.571 bits per heavy atom. The minimum atomic E-state index is -1.25. The molecule has 4 rings (SSSR count). The highest BCUT2D eigenvalue weighted by molar-refractivity contribution is 4.93. The zero-order valence-corrected chi connectivity index (χ0v) is 22.9. The van der Waals surface area contributed by atoms with Crippen molar-refractivity contribution in [2.24, 2.45) is 47.3 Å². The number of unbranched alkanes of at least 4 members (excludes halogenated alkanes) is 2. The number of halogens is 3. The first-order chi connectivity index (χ1) is 17.0. The van der Waals surface area contributed by atoms with E-state index in [0.717, 1.165) is 70.1 Å². The quantitative estimate of drug-likeness (QED) is 0.278. The van der Waals surface area contributed by atoms with Crippen LogP contribution in [0.5, 0.6) is 0 Å². The smallest absolute Gasteiger partial charge is 0.134 e. The van der Waals surface area contributed by atoms with Gasteiger partial charge in [0.25, 0.3) is 0 Å². The van der Waals surface area contributed by atoms with E-state index in [0.29, 0.717) is 23.7 Å². The van der Waals surface area contributed by atoms with Crippen LogP contribution >= 0.6 is 0 Å². The highest BCUT2D eigenvalue weighted by Crippen LogP contribution is 2.47. The SMILES string of the molecule is CCCCCC1CCC(C2CCC(CCC3CCC(C4CCC(C)CC4F)CC3)C(F)[C@@H]2F)CC1. The van der Waals surface area contributed by atoms with Crippen LogP contribution in [0, 0.1) is 47.3 Å². The van der Waals surface area contributed by atoms with Gasteiger partial charge in [-0.2, -0.15) is 0 Å². The Hall–Kier alpha value is -0.210. The topological polar surface area (TPSA) is 0 Å². The second-order valence-corrected chi connectivity index (χ2v) is 13.6. The van der Waals surface area contributed by atoms with Crippen molar-refractivity contribution in [3.05, 3.63) is 0 Å². The first-order valence-electron chi connectivity index (χ1n) is 15.9. The monoisotopic (exact) mass is 496 g/mol. The first-order valence-corrected chi connectivity index (χ1v) is 15.9. The normalized spacial score (nSPS) is 45.3. The van der Waals surface area contributed by atoms with Gasteiger partial charge >= 0.3 is 0 Å². The van der Waals surface area contributed by atoms with Crippen molar-refractivity contribution in [1.29, 1.82) is 0 Å². The fourth-order valence-electron chi connectivity index (χ4n) is 8.83. The van der Waals surface area contributed by atoms with Gasteiger partial charge in [0.1, 0.15) is 18.5 Å². The van der Waals surface area contributed by atoms with Crippen LogP contribution in [-0.4, -0.2) is 18.5 Å². The van der Waals surface area contributed by atoms with Crippen LogP contribution in [0.25, 0.3) is 0 Å². The highest BCUT2D eigenvalue weighted by atomic mass is 19.2. The van der Waals surface area contributed by atoms with Crippen LogP contribution in [-0.2, 0) is 0 Å². The third-order valence-electron chi connectivity index (χ3n) is 11.3. The van der Waals surface area contributed by atoms with Gasteiger partial charge in [-0.1, -0.05) is 78.1 Å². The lowest BCUT2D eigenvalue weighted by atomic mass is 9.65. The molecule has 3 heteroatoms. The molecule has 0 bridgehead atoms. The average Bonchev–Trinajstić information content (AvgIpc) is 2.86. The molecule has 6 unspecified atom stereocenters. The molecule has 4 fully saturated rings. The lowest BCUT2D eigenvalue weighted by Gasteiger charge is -2.42. The Kier molecular flexibility index (Phi) is 10.8. The van der Waals surface area contributed by atoms with Crippen LogP contribution in [0.2, 0.25) is 0 Å². The Labute approximate surface area is 215 Å². The van der Waals surface area contributed by atoms with Crippen molar-refractivity contribution in [3.63, 3.8) is 0 Å². The van der Waals surface area contributed by atoms with Crippen LogP contribution in [0.4, 0.5) is 13.2 Å². The fraction of sp³-hybridized carbons (Fsp3) is 1.00. The third-order valence-corrected chi connectivity index (χ3v) is 11.3. The molecule has 4 aliphatic rings. The molecule has 0 saturated heterocycles. The number of rotatable bonds is 9. The molecular weight excluding hydrogens is 441 g/mol. The maximum Gasteiger partial charge on any atom is 0.134 e. The van der Waals surface area contributed by atoms with Crippen molar-refractivity contribution in [2.75, 3.05) is 0 Å².